The quantitative estimate of drug-likeness (QED) is 0.757. The highest BCUT2D eigenvalue weighted by Gasteiger charge is 2.33. The number of hydrogen-bond acceptors (Lipinski definition) is 3. The van der Waals surface area contributed by atoms with Gasteiger partial charge in [0.05, 0.1) is 0 Å². The van der Waals surface area contributed by atoms with Crippen molar-refractivity contribution < 1.29 is 9.59 Å². The van der Waals surface area contributed by atoms with Gasteiger partial charge in [-0.25, -0.2) is 0 Å². The maximum absolute atomic E-state index is 11.9. The van der Waals surface area contributed by atoms with E-state index in [1.54, 1.807) is 11.9 Å². The van der Waals surface area contributed by atoms with Crippen molar-refractivity contribution in [3.63, 3.8) is 0 Å². The molecule has 1 fully saturated rings. The number of fused-ring (bicyclic) bond motifs is 1. The lowest BCUT2D eigenvalue weighted by Crippen LogP contribution is -2.54. The fourth-order valence-electron chi connectivity index (χ4n) is 2.55. The summed E-state index contributed by atoms with van der Waals surface area (Å²) in [5, 5.41) is 0.373. The van der Waals surface area contributed by atoms with Gasteiger partial charge in [-0.1, -0.05) is 18.2 Å². The number of rotatable bonds is 2. The number of thioether (sulfide) groups is 1. The van der Waals surface area contributed by atoms with Crippen LogP contribution in [0.4, 0.5) is 0 Å². The van der Waals surface area contributed by atoms with Crippen LogP contribution in [0.2, 0.25) is 0 Å². The van der Waals surface area contributed by atoms with Gasteiger partial charge in [-0.2, -0.15) is 0 Å². The summed E-state index contributed by atoms with van der Waals surface area (Å²) in [6.07, 6.45) is 0.981. The molecular formula is C14H16N2O2S. The lowest BCUT2D eigenvalue weighted by atomic mass is 10.1. The van der Waals surface area contributed by atoms with E-state index in [0.29, 0.717) is 24.9 Å². The van der Waals surface area contributed by atoms with Crippen LogP contribution in [0.3, 0.4) is 0 Å². The van der Waals surface area contributed by atoms with Crippen LogP contribution in [0, 0.1) is 0 Å². The van der Waals surface area contributed by atoms with Crippen LogP contribution >= 0.6 is 11.8 Å². The fourth-order valence-corrected chi connectivity index (χ4v) is 3.88. The Bertz CT molecular complexity index is 507. The predicted octanol–water partition coefficient (Wildman–Crippen LogP) is 1.00. The van der Waals surface area contributed by atoms with Crippen LogP contribution in [0.25, 0.3) is 0 Å². The molecule has 0 radical (unpaired) electrons. The van der Waals surface area contributed by atoms with E-state index in [1.807, 2.05) is 23.9 Å². The largest absolute Gasteiger partial charge is 0.336 e. The van der Waals surface area contributed by atoms with Crippen molar-refractivity contribution in [2.24, 2.45) is 0 Å². The summed E-state index contributed by atoms with van der Waals surface area (Å²) in [4.78, 5) is 28.1. The Morgan fingerprint density at radius 3 is 2.79 bits per heavy atom. The van der Waals surface area contributed by atoms with Gasteiger partial charge in [0.15, 0.2) is 0 Å². The monoisotopic (exact) mass is 276 g/mol. The Morgan fingerprint density at radius 1 is 1.21 bits per heavy atom. The van der Waals surface area contributed by atoms with Gasteiger partial charge < -0.3 is 9.80 Å². The third-order valence-corrected chi connectivity index (χ3v) is 4.96. The Balaban J connectivity index is 1.65. The zero-order valence-corrected chi connectivity index (χ0v) is 11.7. The first kappa shape index (κ1) is 12.5. The summed E-state index contributed by atoms with van der Waals surface area (Å²) in [5.74, 6) is -0.739. The number of carbonyl (C=O) groups is 2. The second-order valence-corrected chi connectivity index (χ2v) is 6.37. The SMILES string of the molecule is CN1CCN(CC2Cc3ccccc3S2)C(=O)C1=O. The summed E-state index contributed by atoms with van der Waals surface area (Å²) in [7, 11) is 1.68. The number of likely N-dealkylation sites (N-methyl/N-ethyl adjacent to an activating group) is 1. The van der Waals surface area contributed by atoms with Gasteiger partial charge in [-0.3, -0.25) is 9.59 Å². The summed E-state index contributed by atoms with van der Waals surface area (Å²) >= 11 is 1.82. The van der Waals surface area contributed by atoms with Crippen molar-refractivity contribution in [2.75, 3.05) is 26.7 Å². The van der Waals surface area contributed by atoms with Crippen LogP contribution in [0.15, 0.2) is 29.2 Å². The topological polar surface area (TPSA) is 40.6 Å². The first-order chi connectivity index (χ1) is 9.15. The number of piperazine rings is 1. The molecule has 1 unspecified atom stereocenters. The van der Waals surface area contributed by atoms with Gasteiger partial charge in [-0.15, -0.1) is 11.8 Å². The number of amides is 2. The van der Waals surface area contributed by atoms with E-state index < -0.39 is 0 Å². The third-order valence-electron chi connectivity index (χ3n) is 3.66. The molecule has 2 aliphatic rings. The lowest BCUT2D eigenvalue weighted by molar-refractivity contribution is -0.154. The van der Waals surface area contributed by atoms with E-state index in [9.17, 15) is 9.59 Å². The van der Waals surface area contributed by atoms with Gasteiger partial charge in [-0.05, 0) is 18.1 Å². The standard InChI is InChI=1S/C14H16N2O2S/c1-15-6-7-16(14(18)13(15)17)9-11-8-10-4-2-3-5-12(10)19-11/h2-5,11H,6-9H2,1H3. The summed E-state index contributed by atoms with van der Waals surface area (Å²) in [5.41, 5.74) is 1.35. The predicted molar refractivity (Wildman–Crippen MR) is 74.0 cm³/mol. The van der Waals surface area contributed by atoms with E-state index in [0.717, 1.165) is 6.42 Å². The molecule has 0 spiro atoms. The first-order valence-electron chi connectivity index (χ1n) is 6.44. The van der Waals surface area contributed by atoms with E-state index in [1.165, 1.54) is 15.4 Å². The van der Waals surface area contributed by atoms with Crippen LogP contribution in [-0.2, 0) is 16.0 Å². The Hall–Kier alpha value is -1.49. The first-order valence-corrected chi connectivity index (χ1v) is 7.32. The molecule has 1 atom stereocenters. The Labute approximate surface area is 116 Å². The van der Waals surface area contributed by atoms with Crippen LogP contribution in [-0.4, -0.2) is 53.5 Å². The number of hydrogen-bond donors (Lipinski definition) is 0. The van der Waals surface area contributed by atoms with Crippen molar-refractivity contribution in [1.29, 1.82) is 0 Å². The molecule has 100 valence electrons. The van der Waals surface area contributed by atoms with Gasteiger partial charge in [0, 0.05) is 36.8 Å². The highest BCUT2D eigenvalue weighted by Crippen LogP contribution is 2.37. The molecule has 0 aromatic heterocycles. The molecule has 5 heteroatoms. The molecule has 19 heavy (non-hydrogen) atoms. The van der Waals surface area contributed by atoms with Crippen LogP contribution < -0.4 is 0 Å². The van der Waals surface area contributed by atoms with E-state index in [-0.39, 0.29) is 11.8 Å². The summed E-state index contributed by atoms with van der Waals surface area (Å²) in [6.45, 7) is 1.95. The van der Waals surface area contributed by atoms with Crippen LogP contribution in [0.5, 0.6) is 0 Å². The minimum atomic E-state index is -0.383. The maximum atomic E-state index is 11.9. The van der Waals surface area contributed by atoms with Crippen molar-refractivity contribution in [3.05, 3.63) is 29.8 Å². The highest BCUT2D eigenvalue weighted by molar-refractivity contribution is 8.00. The maximum Gasteiger partial charge on any atom is 0.312 e. The molecular weight excluding hydrogens is 260 g/mol. The van der Waals surface area contributed by atoms with Crippen molar-refractivity contribution >= 4 is 23.6 Å². The molecule has 1 aromatic rings. The molecule has 2 heterocycles. The second-order valence-electron chi connectivity index (χ2n) is 5.03. The van der Waals surface area contributed by atoms with Gasteiger partial charge in [0.25, 0.3) is 0 Å². The highest BCUT2D eigenvalue weighted by atomic mass is 32.2. The zero-order valence-electron chi connectivity index (χ0n) is 10.8. The van der Waals surface area contributed by atoms with Crippen molar-refractivity contribution in [1.82, 2.24) is 9.80 Å². The van der Waals surface area contributed by atoms with E-state index >= 15 is 0 Å². The second kappa shape index (κ2) is 4.89. The molecule has 0 N–H and O–H groups in total. The summed E-state index contributed by atoms with van der Waals surface area (Å²) < 4.78 is 0. The number of carbonyl (C=O) groups excluding carboxylic acids is 2. The average molecular weight is 276 g/mol. The van der Waals surface area contributed by atoms with Crippen molar-refractivity contribution in [2.45, 2.75) is 16.6 Å². The van der Waals surface area contributed by atoms with Gasteiger partial charge >= 0.3 is 11.8 Å². The number of benzene rings is 1. The molecule has 0 aliphatic carbocycles. The molecule has 0 bridgehead atoms. The molecule has 4 nitrogen and oxygen atoms in total. The van der Waals surface area contributed by atoms with Crippen LogP contribution in [0.1, 0.15) is 5.56 Å². The molecule has 3 rings (SSSR count). The molecule has 0 saturated carbocycles. The van der Waals surface area contributed by atoms with Crippen molar-refractivity contribution in [3.8, 4) is 0 Å². The van der Waals surface area contributed by atoms with E-state index in [4.69, 9.17) is 0 Å². The Kier molecular flexibility index (Phi) is 3.22. The van der Waals surface area contributed by atoms with Gasteiger partial charge in [0.1, 0.15) is 0 Å². The molecule has 1 aromatic carbocycles. The minimum Gasteiger partial charge on any atom is -0.336 e. The molecule has 2 amide bonds. The zero-order chi connectivity index (χ0) is 13.4. The average Bonchev–Trinajstić information content (AvgIpc) is 2.82. The normalized spacial score (nSPS) is 22.9. The third kappa shape index (κ3) is 2.34. The Morgan fingerprint density at radius 2 is 2.00 bits per heavy atom. The fraction of sp³-hybridized carbons (Fsp3) is 0.429. The molecule has 2 aliphatic heterocycles. The smallest absolute Gasteiger partial charge is 0.312 e. The molecule has 1 saturated heterocycles. The van der Waals surface area contributed by atoms with Gasteiger partial charge in [0.2, 0.25) is 0 Å². The number of nitrogens with zero attached hydrogens (tertiary/aromatic N) is 2. The summed E-state index contributed by atoms with van der Waals surface area (Å²) in [6, 6.07) is 8.35. The lowest BCUT2D eigenvalue weighted by Gasteiger charge is -2.32. The minimum absolute atomic E-state index is 0.356. The van der Waals surface area contributed by atoms with E-state index in [2.05, 4.69) is 12.1 Å².